The number of para-hydroxylation sites is 1. The largest absolute Gasteiger partial charge is 0.496 e. The molecule has 0 aromatic heterocycles. The van der Waals surface area contributed by atoms with E-state index >= 15 is 0 Å². The molecule has 0 amide bonds. The molecule has 20 heavy (non-hydrogen) atoms. The maximum absolute atomic E-state index is 5.47. The molecule has 0 aliphatic rings. The van der Waals surface area contributed by atoms with E-state index in [4.69, 9.17) is 4.74 Å². The van der Waals surface area contributed by atoms with Crippen molar-refractivity contribution in [3.05, 3.63) is 59.7 Å². The van der Waals surface area contributed by atoms with Gasteiger partial charge in [0.05, 0.1) is 13.2 Å². The second-order valence-electron chi connectivity index (χ2n) is 4.90. The summed E-state index contributed by atoms with van der Waals surface area (Å²) in [5, 5.41) is 3.61. The third kappa shape index (κ3) is 3.32. The molecule has 0 bridgehead atoms. The molecule has 2 aromatic rings. The third-order valence-corrected chi connectivity index (χ3v) is 3.60. The monoisotopic (exact) mass is 269 g/mol. The van der Waals surface area contributed by atoms with E-state index in [0.717, 1.165) is 18.6 Å². The zero-order valence-corrected chi connectivity index (χ0v) is 12.5. The topological polar surface area (TPSA) is 21.3 Å². The molecule has 0 fully saturated rings. The molecule has 2 aromatic carbocycles. The lowest BCUT2D eigenvalue weighted by Gasteiger charge is -2.21. The number of rotatable bonds is 6. The Hall–Kier alpha value is -1.96. The van der Waals surface area contributed by atoms with Crippen molar-refractivity contribution in [2.75, 3.05) is 12.4 Å². The van der Waals surface area contributed by atoms with E-state index in [9.17, 15) is 0 Å². The van der Waals surface area contributed by atoms with Gasteiger partial charge in [0.2, 0.25) is 0 Å². The number of anilines is 1. The van der Waals surface area contributed by atoms with Crippen molar-refractivity contribution in [3.63, 3.8) is 0 Å². The summed E-state index contributed by atoms with van der Waals surface area (Å²) in [7, 11) is 1.73. The Morgan fingerprint density at radius 2 is 1.85 bits per heavy atom. The number of hydrogen-bond donors (Lipinski definition) is 1. The molecule has 0 saturated carbocycles. The number of ether oxygens (including phenoxy) is 1. The first-order valence-electron chi connectivity index (χ1n) is 7.26. The van der Waals surface area contributed by atoms with Crippen LogP contribution in [-0.4, -0.2) is 7.11 Å². The van der Waals surface area contributed by atoms with Crippen LogP contribution >= 0.6 is 0 Å². The van der Waals surface area contributed by atoms with Crippen LogP contribution in [0, 0.1) is 0 Å². The van der Waals surface area contributed by atoms with E-state index in [1.807, 2.05) is 12.1 Å². The highest BCUT2D eigenvalue weighted by Gasteiger charge is 2.13. The van der Waals surface area contributed by atoms with Crippen molar-refractivity contribution in [2.24, 2.45) is 0 Å². The van der Waals surface area contributed by atoms with Gasteiger partial charge >= 0.3 is 0 Å². The van der Waals surface area contributed by atoms with Gasteiger partial charge in [-0.05, 0) is 36.6 Å². The van der Waals surface area contributed by atoms with Gasteiger partial charge in [-0.1, -0.05) is 44.2 Å². The molecule has 2 heteroatoms. The van der Waals surface area contributed by atoms with Crippen molar-refractivity contribution >= 4 is 5.69 Å². The first-order chi connectivity index (χ1) is 9.78. The summed E-state index contributed by atoms with van der Waals surface area (Å²) in [6, 6.07) is 17.1. The molecule has 0 aliphatic heterocycles. The zero-order valence-electron chi connectivity index (χ0n) is 12.5. The maximum Gasteiger partial charge on any atom is 0.124 e. The average molecular weight is 269 g/mol. The fourth-order valence-corrected chi connectivity index (χ4v) is 2.44. The van der Waals surface area contributed by atoms with Crippen molar-refractivity contribution in [3.8, 4) is 5.75 Å². The lowest BCUT2D eigenvalue weighted by atomic mass is 10.0. The normalized spacial score (nSPS) is 11.9. The summed E-state index contributed by atoms with van der Waals surface area (Å²) in [4.78, 5) is 0. The molecule has 1 N–H and O–H groups in total. The van der Waals surface area contributed by atoms with Gasteiger partial charge in [0, 0.05) is 11.3 Å². The van der Waals surface area contributed by atoms with Gasteiger partial charge in [0.25, 0.3) is 0 Å². The first-order valence-corrected chi connectivity index (χ1v) is 7.26. The van der Waals surface area contributed by atoms with Gasteiger partial charge in [0.1, 0.15) is 5.75 Å². The highest BCUT2D eigenvalue weighted by atomic mass is 16.5. The fraction of sp³-hybridized carbons (Fsp3) is 0.333. The lowest BCUT2D eigenvalue weighted by Crippen LogP contribution is -2.11. The van der Waals surface area contributed by atoms with Crippen LogP contribution in [0.15, 0.2) is 48.5 Å². The predicted octanol–water partition coefficient (Wildman–Crippen LogP) is 4.82. The van der Waals surface area contributed by atoms with Crippen LogP contribution in [0.3, 0.4) is 0 Å². The van der Waals surface area contributed by atoms with Crippen LogP contribution in [0.4, 0.5) is 5.69 Å². The minimum atomic E-state index is 0.262. The van der Waals surface area contributed by atoms with Crippen molar-refractivity contribution in [2.45, 2.75) is 32.7 Å². The standard InChI is InChI=1S/C18H23NO/c1-4-14-9-8-10-15(13-14)19-17(5-2)16-11-6-7-12-18(16)20-3/h6-13,17,19H,4-5H2,1-3H3. The number of nitrogens with one attached hydrogen (secondary N) is 1. The molecular weight excluding hydrogens is 246 g/mol. The van der Waals surface area contributed by atoms with Gasteiger partial charge in [0.15, 0.2) is 0 Å². The SMILES string of the molecule is CCc1cccc(NC(CC)c2ccccc2OC)c1. The molecule has 0 spiro atoms. The summed E-state index contributed by atoms with van der Waals surface area (Å²) >= 11 is 0. The molecule has 0 heterocycles. The molecule has 2 nitrogen and oxygen atoms in total. The number of hydrogen-bond acceptors (Lipinski definition) is 2. The molecule has 1 atom stereocenters. The summed E-state index contributed by atoms with van der Waals surface area (Å²) < 4.78 is 5.47. The highest BCUT2D eigenvalue weighted by molar-refractivity contribution is 5.49. The highest BCUT2D eigenvalue weighted by Crippen LogP contribution is 2.30. The first kappa shape index (κ1) is 14.4. The molecule has 0 saturated heterocycles. The van der Waals surface area contributed by atoms with Crippen molar-refractivity contribution in [1.82, 2.24) is 0 Å². The second kappa shape index (κ2) is 6.99. The van der Waals surface area contributed by atoms with E-state index in [0.29, 0.717) is 0 Å². The zero-order chi connectivity index (χ0) is 14.4. The Balaban J connectivity index is 2.24. The summed E-state index contributed by atoms with van der Waals surface area (Å²) in [5.41, 5.74) is 3.73. The molecular formula is C18H23NO. The second-order valence-corrected chi connectivity index (χ2v) is 4.90. The Morgan fingerprint density at radius 3 is 2.55 bits per heavy atom. The van der Waals surface area contributed by atoms with Crippen LogP contribution in [0.1, 0.15) is 37.4 Å². The summed E-state index contributed by atoms with van der Waals surface area (Å²) in [5.74, 6) is 0.943. The Kier molecular flexibility index (Phi) is 5.05. The molecule has 2 rings (SSSR count). The van der Waals surface area contributed by atoms with Crippen LogP contribution in [-0.2, 0) is 6.42 Å². The van der Waals surface area contributed by atoms with Gasteiger partial charge in [-0.2, -0.15) is 0 Å². The van der Waals surface area contributed by atoms with E-state index < -0.39 is 0 Å². The van der Waals surface area contributed by atoms with Crippen molar-refractivity contribution in [1.29, 1.82) is 0 Å². The predicted molar refractivity (Wildman–Crippen MR) is 85.5 cm³/mol. The number of benzene rings is 2. The van der Waals surface area contributed by atoms with Gasteiger partial charge in [-0.15, -0.1) is 0 Å². The van der Waals surface area contributed by atoms with Gasteiger partial charge in [-0.3, -0.25) is 0 Å². The average Bonchev–Trinajstić information content (AvgIpc) is 2.52. The van der Waals surface area contributed by atoms with Gasteiger partial charge < -0.3 is 10.1 Å². The van der Waals surface area contributed by atoms with Crippen LogP contribution < -0.4 is 10.1 Å². The van der Waals surface area contributed by atoms with Gasteiger partial charge in [-0.25, -0.2) is 0 Å². The Labute approximate surface area is 121 Å². The van der Waals surface area contributed by atoms with Crippen LogP contribution in [0.5, 0.6) is 5.75 Å². The van der Waals surface area contributed by atoms with Crippen molar-refractivity contribution < 1.29 is 4.74 Å². The van der Waals surface area contributed by atoms with Crippen LogP contribution in [0.25, 0.3) is 0 Å². The molecule has 1 unspecified atom stereocenters. The number of methoxy groups -OCH3 is 1. The number of aryl methyl sites for hydroxylation is 1. The summed E-state index contributed by atoms with van der Waals surface area (Å²) in [6.07, 6.45) is 2.07. The molecule has 0 radical (unpaired) electrons. The van der Waals surface area contributed by atoms with E-state index in [2.05, 4.69) is 55.6 Å². The quantitative estimate of drug-likeness (QED) is 0.811. The minimum absolute atomic E-state index is 0.262. The molecule has 106 valence electrons. The van der Waals surface area contributed by atoms with E-state index in [1.54, 1.807) is 7.11 Å². The molecule has 0 aliphatic carbocycles. The van der Waals surface area contributed by atoms with E-state index in [-0.39, 0.29) is 6.04 Å². The fourth-order valence-electron chi connectivity index (χ4n) is 2.44. The van der Waals surface area contributed by atoms with Crippen LogP contribution in [0.2, 0.25) is 0 Å². The third-order valence-electron chi connectivity index (χ3n) is 3.60. The van der Waals surface area contributed by atoms with E-state index in [1.165, 1.54) is 16.8 Å². The smallest absolute Gasteiger partial charge is 0.124 e. The lowest BCUT2D eigenvalue weighted by molar-refractivity contribution is 0.406. The summed E-state index contributed by atoms with van der Waals surface area (Å²) in [6.45, 7) is 4.37. The Morgan fingerprint density at radius 1 is 1.05 bits per heavy atom. The minimum Gasteiger partial charge on any atom is -0.496 e. The Bertz CT molecular complexity index is 551. The maximum atomic E-state index is 5.47.